The molecule has 1 nitrogen and oxygen atoms in total. The van der Waals surface area contributed by atoms with Crippen LogP contribution in [0.3, 0.4) is 0 Å². The molecule has 0 aromatic heterocycles. The number of allylic oxidation sites excluding steroid dienone is 3. The predicted molar refractivity (Wildman–Crippen MR) is 102 cm³/mol. The largest absolute Gasteiger partial charge is 0.310 e. The van der Waals surface area contributed by atoms with Gasteiger partial charge in [0.2, 0.25) is 0 Å². The van der Waals surface area contributed by atoms with Gasteiger partial charge in [-0.1, -0.05) is 31.4 Å². The fourth-order valence-corrected chi connectivity index (χ4v) is 2.96. The summed E-state index contributed by atoms with van der Waals surface area (Å²) in [6, 6.07) is 13.2. The summed E-state index contributed by atoms with van der Waals surface area (Å²) in [4.78, 5) is 2.23. The first-order chi connectivity index (χ1) is 10.9. The quantitative estimate of drug-likeness (QED) is 0.585. The minimum Gasteiger partial charge on any atom is -0.310 e. The second-order valence-corrected chi connectivity index (χ2v) is 6.06. The maximum Gasteiger partial charge on any atom is 0.0466 e. The third-order valence-corrected chi connectivity index (χ3v) is 3.69. The zero-order chi connectivity index (χ0) is 17.0. The molecule has 0 aliphatic rings. The van der Waals surface area contributed by atoms with Crippen molar-refractivity contribution < 1.29 is 0 Å². The Morgan fingerprint density at radius 2 is 1.13 bits per heavy atom. The average Bonchev–Trinajstić information content (AvgIpc) is 2.44. The van der Waals surface area contributed by atoms with Crippen molar-refractivity contribution in [1.29, 1.82) is 0 Å². The normalized spacial score (nSPS) is 11.2. The molecule has 23 heavy (non-hydrogen) atoms. The lowest BCUT2D eigenvalue weighted by molar-refractivity contribution is 1.18. The van der Waals surface area contributed by atoms with Crippen LogP contribution in [0.2, 0.25) is 0 Å². The summed E-state index contributed by atoms with van der Waals surface area (Å²) in [6.07, 6.45) is 5.66. The summed E-state index contributed by atoms with van der Waals surface area (Å²) >= 11 is 0. The van der Waals surface area contributed by atoms with Crippen LogP contribution >= 0.6 is 0 Å². The summed E-state index contributed by atoms with van der Waals surface area (Å²) in [5.41, 5.74) is 8.27. The molecular weight excluding hydrogens is 278 g/mol. The molecule has 118 valence electrons. The number of aryl methyl sites for hydroxylation is 4. The van der Waals surface area contributed by atoms with Crippen molar-refractivity contribution in [1.82, 2.24) is 0 Å². The van der Waals surface area contributed by atoms with Gasteiger partial charge >= 0.3 is 0 Å². The molecule has 0 amide bonds. The Hall–Kier alpha value is -2.54. The molecule has 0 fully saturated rings. The van der Waals surface area contributed by atoms with E-state index < -0.39 is 0 Å². The van der Waals surface area contributed by atoms with Crippen LogP contribution < -0.4 is 4.90 Å². The maximum absolute atomic E-state index is 3.98. The third-order valence-electron chi connectivity index (χ3n) is 3.69. The van der Waals surface area contributed by atoms with Gasteiger partial charge in [0.05, 0.1) is 0 Å². The molecule has 0 spiro atoms. The Morgan fingerprint density at radius 1 is 0.739 bits per heavy atom. The summed E-state index contributed by atoms with van der Waals surface area (Å²) in [7, 11) is 0. The SMILES string of the molecule is C=C/C=C(\C=C)N(c1cc(C)cc(C)c1)c1cc(C)cc(C)c1. The van der Waals surface area contributed by atoms with Crippen LogP contribution in [0.25, 0.3) is 0 Å². The Morgan fingerprint density at radius 3 is 1.43 bits per heavy atom. The fraction of sp³-hybridized carbons (Fsp3) is 0.182. The molecular formula is C22H25N. The first-order valence-electron chi connectivity index (χ1n) is 7.86. The van der Waals surface area contributed by atoms with Crippen LogP contribution in [0.4, 0.5) is 11.4 Å². The van der Waals surface area contributed by atoms with E-state index in [4.69, 9.17) is 0 Å². The van der Waals surface area contributed by atoms with Crippen LogP contribution in [-0.4, -0.2) is 0 Å². The number of anilines is 2. The molecule has 2 rings (SSSR count). The lowest BCUT2D eigenvalue weighted by Gasteiger charge is -2.27. The van der Waals surface area contributed by atoms with Crippen LogP contribution in [0.5, 0.6) is 0 Å². The van der Waals surface area contributed by atoms with Gasteiger partial charge in [0.15, 0.2) is 0 Å². The molecule has 0 bridgehead atoms. The Kier molecular flexibility index (Phi) is 5.23. The summed E-state index contributed by atoms with van der Waals surface area (Å²) < 4.78 is 0. The van der Waals surface area contributed by atoms with Crippen molar-refractivity contribution in [3.63, 3.8) is 0 Å². The van der Waals surface area contributed by atoms with Gasteiger partial charge in [-0.05, 0) is 86.4 Å². The van der Waals surface area contributed by atoms with Crippen LogP contribution in [0.15, 0.2) is 73.5 Å². The maximum atomic E-state index is 3.98. The first-order valence-corrected chi connectivity index (χ1v) is 7.86. The van der Waals surface area contributed by atoms with E-state index in [1.165, 1.54) is 22.3 Å². The third kappa shape index (κ3) is 4.01. The van der Waals surface area contributed by atoms with Gasteiger partial charge in [-0.2, -0.15) is 0 Å². The van der Waals surface area contributed by atoms with E-state index in [1.54, 1.807) is 6.08 Å². The highest BCUT2D eigenvalue weighted by molar-refractivity contribution is 5.72. The lowest BCUT2D eigenvalue weighted by Crippen LogP contribution is -2.15. The summed E-state index contributed by atoms with van der Waals surface area (Å²) in [5, 5.41) is 0. The molecule has 0 aliphatic heterocycles. The van der Waals surface area contributed by atoms with Gasteiger partial charge < -0.3 is 4.90 Å². The van der Waals surface area contributed by atoms with Crippen molar-refractivity contribution in [3.05, 3.63) is 95.7 Å². The van der Waals surface area contributed by atoms with Gasteiger partial charge in [0.25, 0.3) is 0 Å². The van der Waals surface area contributed by atoms with E-state index >= 15 is 0 Å². The average molecular weight is 303 g/mol. The molecule has 0 atom stereocenters. The lowest BCUT2D eigenvalue weighted by atomic mass is 10.1. The smallest absolute Gasteiger partial charge is 0.0466 e. The molecule has 0 aliphatic carbocycles. The van der Waals surface area contributed by atoms with Crippen molar-refractivity contribution in [2.45, 2.75) is 27.7 Å². The second-order valence-electron chi connectivity index (χ2n) is 6.06. The number of hydrogen-bond donors (Lipinski definition) is 0. The van der Waals surface area contributed by atoms with E-state index in [9.17, 15) is 0 Å². The Labute approximate surface area is 140 Å². The number of nitrogens with zero attached hydrogens (tertiary/aromatic N) is 1. The fourth-order valence-electron chi connectivity index (χ4n) is 2.96. The number of rotatable bonds is 5. The Bertz CT molecular complexity index is 674. The zero-order valence-electron chi connectivity index (χ0n) is 14.6. The highest BCUT2D eigenvalue weighted by Crippen LogP contribution is 2.33. The molecule has 0 heterocycles. The number of benzene rings is 2. The second kappa shape index (κ2) is 7.15. The van der Waals surface area contributed by atoms with Crippen LogP contribution in [0.1, 0.15) is 22.3 Å². The molecule has 0 saturated heterocycles. The van der Waals surface area contributed by atoms with Crippen molar-refractivity contribution in [3.8, 4) is 0 Å². The molecule has 0 radical (unpaired) electrons. The van der Waals surface area contributed by atoms with E-state index in [2.05, 4.69) is 82.2 Å². The van der Waals surface area contributed by atoms with Crippen LogP contribution in [-0.2, 0) is 0 Å². The van der Waals surface area contributed by atoms with Crippen molar-refractivity contribution in [2.75, 3.05) is 4.90 Å². The molecule has 1 heteroatoms. The minimum atomic E-state index is 1.01. The van der Waals surface area contributed by atoms with Gasteiger partial charge in [-0.25, -0.2) is 0 Å². The van der Waals surface area contributed by atoms with E-state index in [-0.39, 0.29) is 0 Å². The highest BCUT2D eigenvalue weighted by Gasteiger charge is 2.14. The molecule has 0 N–H and O–H groups in total. The van der Waals surface area contributed by atoms with Crippen molar-refractivity contribution in [2.24, 2.45) is 0 Å². The van der Waals surface area contributed by atoms with Crippen LogP contribution in [0, 0.1) is 27.7 Å². The van der Waals surface area contributed by atoms with Gasteiger partial charge in [-0.15, -0.1) is 0 Å². The molecule has 0 saturated carbocycles. The topological polar surface area (TPSA) is 3.24 Å². The number of hydrogen-bond acceptors (Lipinski definition) is 1. The van der Waals surface area contributed by atoms with Gasteiger partial charge in [0.1, 0.15) is 0 Å². The van der Waals surface area contributed by atoms with E-state index in [0.717, 1.165) is 17.1 Å². The summed E-state index contributed by atoms with van der Waals surface area (Å²) in [5.74, 6) is 0. The monoisotopic (exact) mass is 303 g/mol. The standard InChI is InChI=1S/C22H25N/c1-7-9-20(8-2)23(21-12-16(3)10-17(4)13-21)22-14-18(5)11-19(6)15-22/h7-15H,1-2H2,3-6H3/b20-9+. The minimum absolute atomic E-state index is 1.01. The molecule has 0 unspecified atom stereocenters. The predicted octanol–water partition coefficient (Wildman–Crippen LogP) is 6.31. The van der Waals surface area contributed by atoms with E-state index in [1.807, 2.05) is 12.2 Å². The Balaban J connectivity index is 2.71. The summed E-state index contributed by atoms with van der Waals surface area (Å²) in [6.45, 7) is 16.3. The first kappa shape index (κ1) is 16.8. The van der Waals surface area contributed by atoms with Gasteiger partial charge in [0, 0.05) is 17.1 Å². The zero-order valence-corrected chi connectivity index (χ0v) is 14.6. The highest BCUT2D eigenvalue weighted by atomic mass is 15.1. The van der Waals surface area contributed by atoms with Gasteiger partial charge in [-0.3, -0.25) is 0 Å². The molecule has 2 aromatic rings. The van der Waals surface area contributed by atoms with Crippen molar-refractivity contribution >= 4 is 11.4 Å². The molecule has 2 aromatic carbocycles. The van der Waals surface area contributed by atoms with E-state index in [0.29, 0.717) is 0 Å².